The molecule has 1 aromatic carbocycles. The molecule has 0 radical (unpaired) electrons. The Hall–Kier alpha value is -1.41. The predicted molar refractivity (Wildman–Crippen MR) is 82.7 cm³/mol. The Morgan fingerprint density at radius 2 is 2.05 bits per heavy atom. The molecule has 6 nitrogen and oxygen atoms in total. The molecule has 0 saturated carbocycles. The number of nitrogens with one attached hydrogen (secondary N) is 1. The highest BCUT2D eigenvalue weighted by molar-refractivity contribution is 9.10. The Balaban J connectivity index is 2.66. The van der Waals surface area contributed by atoms with Gasteiger partial charge in [-0.15, -0.1) is 0 Å². The zero-order valence-electron chi connectivity index (χ0n) is 11.6. The number of hydrogen-bond acceptors (Lipinski definition) is 5. The number of methoxy groups -OCH3 is 1. The quantitative estimate of drug-likeness (QED) is 0.762. The van der Waals surface area contributed by atoms with Gasteiger partial charge < -0.3 is 10.1 Å². The van der Waals surface area contributed by atoms with E-state index in [9.17, 15) is 18.0 Å². The summed E-state index contributed by atoms with van der Waals surface area (Å²) >= 11 is 3.25. The van der Waals surface area contributed by atoms with Crippen LogP contribution in [0.15, 0.2) is 28.7 Å². The van der Waals surface area contributed by atoms with E-state index < -0.39 is 32.7 Å². The van der Waals surface area contributed by atoms with Gasteiger partial charge in [-0.2, -0.15) is 0 Å². The molecule has 0 spiro atoms. The Morgan fingerprint density at radius 1 is 1.38 bits per heavy atom. The standard InChI is InChI=1S/C13H16BrNO5S/c1-9(6-13(17)20-2)21(18,19)8-12(16)15-11-5-3-4-10(14)7-11/h3-5,7,9H,6,8H2,1-2H3,(H,15,16). The van der Waals surface area contributed by atoms with Crippen LogP contribution in [0.4, 0.5) is 5.69 Å². The molecule has 1 amide bonds. The molecule has 0 aliphatic rings. The summed E-state index contributed by atoms with van der Waals surface area (Å²) in [5.41, 5.74) is 0.491. The summed E-state index contributed by atoms with van der Waals surface area (Å²) in [6.45, 7) is 1.37. The first-order chi connectivity index (χ1) is 9.74. The number of hydrogen-bond donors (Lipinski definition) is 1. The third kappa shape index (κ3) is 5.84. The van der Waals surface area contributed by atoms with Gasteiger partial charge in [0.15, 0.2) is 9.84 Å². The lowest BCUT2D eigenvalue weighted by Gasteiger charge is -2.12. The van der Waals surface area contributed by atoms with Crippen molar-refractivity contribution in [2.75, 3.05) is 18.2 Å². The number of benzene rings is 1. The topological polar surface area (TPSA) is 89.5 Å². The number of sulfone groups is 1. The molecule has 1 aromatic rings. The molecule has 0 saturated heterocycles. The third-order valence-corrected chi connectivity index (χ3v) is 5.29. The van der Waals surface area contributed by atoms with Crippen LogP contribution in [0.3, 0.4) is 0 Å². The van der Waals surface area contributed by atoms with Crippen molar-refractivity contribution in [3.63, 3.8) is 0 Å². The average Bonchev–Trinajstić information content (AvgIpc) is 2.37. The first kappa shape index (κ1) is 17.6. The number of esters is 1. The van der Waals surface area contributed by atoms with Crippen molar-refractivity contribution in [1.82, 2.24) is 0 Å². The molecule has 0 aliphatic heterocycles. The lowest BCUT2D eigenvalue weighted by Crippen LogP contribution is -2.31. The maximum atomic E-state index is 12.0. The highest BCUT2D eigenvalue weighted by Crippen LogP contribution is 2.16. The van der Waals surface area contributed by atoms with E-state index in [0.717, 1.165) is 4.47 Å². The fourth-order valence-electron chi connectivity index (χ4n) is 1.53. The molecular weight excluding hydrogens is 362 g/mol. The van der Waals surface area contributed by atoms with Gasteiger partial charge in [-0.05, 0) is 25.1 Å². The van der Waals surface area contributed by atoms with Crippen LogP contribution in [-0.4, -0.2) is 38.4 Å². The second kappa shape index (κ2) is 7.56. The smallest absolute Gasteiger partial charge is 0.306 e. The van der Waals surface area contributed by atoms with E-state index in [4.69, 9.17) is 0 Å². The van der Waals surface area contributed by atoms with Crippen molar-refractivity contribution in [2.45, 2.75) is 18.6 Å². The van der Waals surface area contributed by atoms with Crippen molar-refractivity contribution in [3.8, 4) is 0 Å². The SMILES string of the molecule is COC(=O)CC(C)S(=O)(=O)CC(=O)Nc1cccc(Br)c1. The maximum absolute atomic E-state index is 12.0. The van der Waals surface area contributed by atoms with Crippen LogP contribution in [0.2, 0.25) is 0 Å². The summed E-state index contributed by atoms with van der Waals surface area (Å²) < 4.78 is 29.1. The molecule has 1 rings (SSSR count). The summed E-state index contributed by atoms with van der Waals surface area (Å²) in [4.78, 5) is 22.9. The van der Waals surface area contributed by atoms with Crippen LogP contribution in [-0.2, 0) is 24.2 Å². The predicted octanol–water partition coefficient (Wildman–Crippen LogP) is 1.75. The second-order valence-corrected chi connectivity index (χ2v) is 7.79. The molecule has 0 heterocycles. The van der Waals surface area contributed by atoms with E-state index in [0.29, 0.717) is 5.69 Å². The van der Waals surface area contributed by atoms with Gasteiger partial charge in [0.2, 0.25) is 5.91 Å². The van der Waals surface area contributed by atoms with Gasteiger partial charge in [-0.1, -0.05) is 22.0 Å². The van der Waals surface area contributed by atoms with Crippen molar-refractivity contribution >= 4 is 43.3 Å². The van der Waals surface area contributed by atoms with E-state index in [1.165, 1.54) is 14.0 Å². The number of anilines is 1. The summed E-state index contributed by atoms with van der Waals surface area (Å²) in [5.74, 6) is -1.96. The first-order valence-corrected chi connectivity index (χ1v) is 8.59. The van der Waals surface area contributed by atoms with Crippen molar-refractivity contribution in [2.24, 2.45) is 0 Å². The second-order valence-electron chi connectivity index (χ2n) is 4.46. The van der Waals surface area contributed by atoms with Crippen molar-refractivity contribution < 1.29 is 22.7 Å². The van der Waals surface area contributed by atoms with Crippen LogP contribution in [0.1, 0.15) is 13.3 Å². The molecule has 116 valence electrons. The average molecular weight is 378 g/mol. The molecule has 0 aromatic heterocycles. The molecule has 1 unspecified atom stereocenters. The van der Waals surface area contributed by atoms with E-state index in [2.05, 4.69) is 26.0 Å². The number of carbonyl (C=O) groups excluding carboxylic acids is 2. The van der Waals surface area contributed by atoms with Crippen LogP contribution < -0.4 is 5.32 Å². The molecular formula is C13H16BrNO5S. The lowest BCUT2D eigenvalue weighted by molar-refractivity contribution is -0.140. The Morgan fingerprint density at radius 3 is 2.62 bits per heavy atom. The molecule has 1 N–H and O–H groups in total. The zero-order valence-corrected chi connectivity index (χ0v) is 14.0. The minimum Gasteiger partial charge on any atom is -0.469 e. The Labute approximate surface area is 131 Å². The third-order valence-electron chi connectivity index (χ3n) is 2.74. The molecule has 8 heteroatoms. The normalized spacial score (nSPS) is 12.5. The molecule has 0 aliphatic carbocycles. The van der Waals surface area contributed by atoms with Gasteiger partial charge in [-0.3, -0.25) is 9.59 Å². The molecule has 1 atom stereocenters. The van der Waals surface area contributed by atoms with Gasteiger partial charge in [0.25, 0.3) is 0 Å². The Bertz CT molecular complexity index is 629. The fraction of sp³-hybridized carbons (Fsp3) is 0.385. The van der Waals surface area contributed by atoms with E-state index >= 15 is 0 Å². The largest absolute Gasteiger partial charge is 0.469 e. The molecule has 0 bridgehead atoms. The highest BCUT2D eigenvalue weighted by atomic mass is 79.9. The first-order valence-electron chi connectivity index (χ1n) is 6.08. The number of halogens is 1. The number of rotatable bonds is 6. The van der Waals surface area contributed by atoms with Gasteiger partial charge >= 0.3 is 5.97 Å². The maximum Gasteiger partial charge on any atom is 0.306 e. The summed E-state index contributed by atoms with van der Waals surface area (Å²) in [6.07, 6.45) is -0.275. The van der Waals surface area contributed by atoms with E-state index in [1.54, 1.807) is 24.3 Å². The van der Waals surface area contributed by atoms with E-state index in [1.807, 2.05) is 0 Å². The Kier molecular flexibility index (Phi) is 6.35. The van der Waals surface area contributed by atoms with Crippen LogP contribution in [0, 0.1) is 0 Å². The summed E-state index contributed by atoms with van der Waals surface area (Å²) in [6, 6.07) is 6.80. The number of carbonyl (C=O) groups is 2. The minimum atomic E-state index is -3.72. The molecule has 21 heavy (non-hydrogen) atoms. The van der Waals surface area contributed by atoms with Gasteiger partial charge in [0.05, 0.1) is 18.8 Å². The lowest BCUT2D eigenvalue weighted by atomic mass is 10.3. The van der Waals surface area contributed by atoms with E-state index in [-0.39, 0.29) is 6.42 Å². The number of ether oxygens (including phenoxy) is 1. The zero-order chi connectivity index (χ0) is 16.0. The van der Waals surface area contributed by atoms with Crippen LogP contribution >= 0.6 is 15.9 Å². The molecule has 0 fully saturated rings. The van der Waals surface area contributed by atoms with Crippen molar-refractivity contribution in [3.05, 3.63) is 28.7 Å². The summed E-state index contributed by atoms with van der Waals surface area (Å²) in [5, 5.41) is 1.52. The summed E-state index contributed by atoms with van der Waals surface area (Å²) in [7, 11) is -2.54. The van der Waals surface area contributed by atoms with Gasteiger partial charge in [0.1, 0.15) is 5.75 Å². The monoisotopic (exact) mass is 377 g/mol. The fourth-order valence-corrected chi connectivity index (χ4v) is 3.04. The number of amides is 1. The van der Waals surface area contributed by atoms with Gasteiger partial charge in [0, 0.05) is 10.2 Å². The highest BCUT2D eigenvalue weighted by Gasteiger charge is 2.26. The van der Waals surface area contributed by atoms with Crippen LogP contribution in [0.25, 0.3) is 0 Å². The van der Waals surface area contributed by atoms with Crippen molar-refractivity contribution in [1.29, 1.82) is 0 Å². The minimum absolute atomic E-state index is 0.275. The van der Waals surface area contributed by atoms with Crippen LogP contribution in [0.5, 0.6) is 0 Å². The van der Waals surface area contributed by atoms with Gasteiger partial charge in [-0.25, -0.2) is 8.42 Å².